The molecule has 5 nitrogen and oxygen atoms in total. The second-order valence-electron chi connectivity index (χ2n) is 10.2. The molecule has 0 amide bonds. The number of ether oxygens (including phenoxy) is 2. The van der Waals surface area contributed by atoms with Gasteiger partial charge in [-0.15, -0.1) is 0 Å². The van der Waals surface area contributed by atoms with E-state index in [4.69, 9.17) is 13.9 Å². The van der Waals surface area contributed by atoms with Gasteiger partial charge in [0, 0.05) is 42.6 Å². The van der Waals surface area contributed by atoms with Crippen molar-refractivity contribution in [3.8, 4) is 23.5 Å². The maximum atomic E-state index is 6.61. The molecule has 0 radical (unpaired) electrons. The summed E-state index contributed by atoms with van der Waals surface area (Å²) in [6.07, 6.45) is 7.24. The van der Waals surface area contributed by atoms with E-state index in [2.05, 4.69) is 79.3 Å². The van der Waals surface area contributed by atoms with Crippen LogP contribution in [0.15, 0.2) is 41.1 Å². The topological polar surface area (TPSA) is 53.5 Å². The molecule has 0 aliphatic heterocycles. The summed E-state index contributed by atoms with van der Waals surface area (Å²) >= 11 is 3.38. The zero-order valence-electron chi connectivity index (χ0n) is 21.9. The van der Waals surface area contributed by atoms with Gasteiger partial charge in [-0.1, -0.05) is 47.5 Å². The zero-order chi connectivity index (χ0) is 25.4. The Morgan fingerprint density at radius 1 is 0.914 bits per heavy atom. The molecule has 0 unspecified atom stereocenters. The summed E-state index contributed by atoms with van der Waals surface area (Å²) in [6, 6.07) is 7.66. The first-order valence-corrected chi connectivity index (χ1v) is 15.7. The van der Waals surface area contributed by atoms with E-state index in [-0.39, 0.29) is 12.2 Å². The summed E-state index contributed by atoms with van der Waals surface area (Å²) in [7, 11) is -1.78. The molecule has 1 aliphatic carbocycles. The average molecular weight is 560 g/mol. The van der Waals surface area contributed by atoms with E-state index in [9.17, 15) is 0 Å². The summed E-state index contributed by atoms with van der Waals surface area (Å²) in [6.45, 7) is 14.7. The van der Waals surface area contributed by atoms with Gasteiger partial charge in [-0.25, -0.2) is 9.97 Å². The van der Waals surface area contributed by atoms with Crippen LogP contribution in [0.3, 0.4) is 0 Å². The maximum Gasteiger partial charge on any atom is 0.213 e. The highest BCUT2D eigenvalue weighted by Gasteiger charge is 2.44. The van der Waals surface area contributed by atoms with Crippen LogP contribution in [0.25, 0.3) is 0 Å². The summed E-state index contributed by atoms with van der Waals surface area (Å²) in [4.78, 5) is 8.70. The van der Waals surface area contributed by atoms with E-state index in [1.54, 1.807) is 12.4 Å². The van der Waals surface area contributed by atoms with Gasteiger partial charge in [0.25, 0.3) is 0 Å². The number of unbranched alkanes of at least 4 members (excludes halogenated alkanes) is 1. The Morgan fingerprint density at radius 2 is 1.60 bits per heavy atom. The minimum Gasteiger partial charge on any atom is -0.489 e. The molecule has 1 aliphatic rings. The third-order valence-corrected chi connectivity index (χ3v) is 13.4. The Morgan fingerprint density at radius 3 is 2.17 bits per heavy atom. The standard InChI is InChI=1S/C28H39BrN2O3Si/c1-20(2)35(21(3)4,22(5)6)32-15-9-7-8-10-24-12-13-25(19-30-24)33-26-16-27(17-26)34-28-14-11-23(29)18-31-28/h11-14,18-22,26-27H,7,9,15-17H2,1-6H3/t26-,27-. The Bertz CT molecular complexity index is 956. The normalized spacial score (nSPS) is 17.8. The van der Waals surface area contributed by atoms with Crippen molar-refractivity contribution in [2.75, 3.05) is 6.61 Å². The molecule has 3 rings (SSSR count). The second-order valence-corrected chi connectivity index (χ2v) is 16.6. The molecule has 0 aromatic carbocycles. The molecule has 2 aromatic heterocycles. The van der Waals surface area contributed by atoms with E-state index in [0.717, 1.165) is 48.2 Å². The third kappa shape index (κ3) is 7.55. The Kier molecular flexibility index (Phi) is 10.2. The van der Waals surface area contributed by atoms with E-state index in [1.165, 1.54) is 0 Å². The van der Waals surface area contributed by atoms with Gasteiger partial charge in [0.2, 0.25) is 5.88 Å². The Hall–Kier alpha value is -1.88. The average Bonchev–Trinajstić information content (AvgIpc) is 2.78. The van der Waals surface area contributed by atoms with Gasteiger partial charge in [0.05, 0.1) is 6.20 Å². The zero-order valence-corrected chi connectivity index (χ0v) is 24.5. The summed E-state index contributed by atoms with van der Waals surface area (Å²) in [5.41, 5.74) is 2.60. The first kappa shape index (κ1) is 27.7. The first-order valence-electron chi connectivity index (χ1n) is 12.7. The molecule has 2 aromatic rings. The van der Waals surface area contributed by atoms with Crippen molar-refractivity contribution in [3.63, 3.8) is 0 Å². The van der Waals surface area contributed by atoms with Crippen molar-refractivity contribution < 1.29 is 13.9 Å². The summed E-state index contributed by atoms with van der Waals surface area (Å²) < 4.78 is 19.4. The SMILES string of the molecule is CC(C)[Si](OCCCC#Cc1ccc(O[C@H]2C[C@H](Oc3ccc(Br)cn3)C2)cn1)(C(C)C)C(C)C. The number of hydrogen-bond donors (Lipinski definition) is 0. The molecule has 0 saturated heterocycles. The fourth-order valence-electron chi connectivity index (χ4n) is 5.09. The Balaban J connectivity index is 1.37. The van der Waals surface area contributed by atoms with Crippen LogP contribution in [-0.4, -0.2) is 37.1 Å². The van der Waals surface area contributed by atoms with E-state index >= 15 is 0 Å². The molecular weight excluding hydrogens is 520 g/mol. The molecule has 7 heteroatoms. The smallest absolute Gasteiger partial charge is 0.213 e. The van der Waals surface area contributed by atoms with Crippen LogP contribution in [-0.2, 0) is 4.43 Å². The van der Waals surface area contributed by atoms with Crippen LogP contribution in [0.1, 0.15) is 72.9 Å². The highest BCUT2D eigenvalue weighted by Crippen LogP contribution is 2.42. The van der Waals surface area contributed by atoms with Crippen molar-refractivity contribution in [1.82, 2.24) is 9.97 Å². The van der Waals surface area contributed by atoms with Crippen LogP contribution in [0.4, 0.5) is 0 Å². The van der Waals surface area contributed by atoms with Crippen molar-refractivity contribution in [1.29, 1.82) is 0 Å². The van der Waals surface area contributed by atoms with Crippen molar-refractivity contribution in [2.45, 2.75) is 96.1 Å². The van der Waals surface area contributed by atoms with Gasteiger partial charge < -0.3 is 13.9 Å². The Labute approximate surface area is 220 Å². The van der Waals surface area contributed by atoms with E-state index in [1.807, 2.05) is 24.3 Å². The van der Waals surface area contributed by atoms with Crippen LogP contribution < -0.4 is 9.47 Å². The van der Waals surface area contributed by atoms with Crippen LogP contribution in [0, 0.1) is 11.8 Å². The molecule has 1 saturated carbocycles. The minimum atomic E-state index is -1.78. The lowest BCUT2D eigenvalue weighted by atomic mass is 9.92. The van der Waals surface area contributed by atoms with Crippen LogP contribution in [0.2, 0.25) is 16.6 Å². The molecule has 190 valence electrons. The maximum absolute atomic E-state index is 6.61. The monoisotopic (exact) mass is 558 g/mol. The van der Waals surface area contributed by atoms with Gasteiger partial charge in [0.1, 0.15) is 23.7 Å². The number of rotatable bonds is 11. The number of aromatic nitrogens is 2. The van der Waals surface area contributed by atoms with Crippen LogP contribution in [0.5, 0.6) is 11.6 Å². The molecule has 1 fully saturated rings. The van der Waals surface area contributed by atoms with Gasteiger partial charge >= 0.3 is 0 Å². The number of nitrogens with zero attached hydrogens (tertiary/aromatic N) is 2. The molecule has 2 heterocycles. The lowest BCUT2D eigenvalue weighted by Crippen LogP contribution is -2.47. The van der Waals surface area contributed by atoms with Crippen LogP contribution >= 0.6 is 15.9 Å². The van der Waals surface area contributed by atoms with Crippen molar-refractivity contribution >= 4 is 24.2 Å². The fraction of sp³-hybridized carbons (Fsp3) is 0.571. The molecule has 0 atom stereocenters. The molecule has 0 N–H and O–H groups in total. The van der Waals surface area contributed by atoms with Crippen molar-refractivity contribution in [3.05, 3.63) is 46.8 Å². The van der Waals surface area contributed by atoms with Crippen molar-refractivity contribution in [2.24, 2.45) is 0 Å². The first-order chi connectivity index (χ1) is 16.7. The van der Waals surface area contributed by atoms with Gasteiger partial charge in [-0.3, -0.25) is 0 Å². The molecular formula is C28H39BrN2O3Si. The van der Waals surface area contributed by atoms with E-state index < -0.39 is 8.32 Å². The summed E-state index contributed by atoms with van der Waals surface area (Å²) in [5, 5.41) is 0. The number of hydrogen-bond acceptors (Lipinski definition) is 5. The predicted octanol–water partition coefficient (Wildman–Crippen LogP) is 7.55. The fourth-order valence-corrected chi connectivity index (χ4v) is 10.8. The predicted molar refractivity (Wildman–Crippen MR) is 147 cm³/mol. The second kappa shape index (κ2) is 12.9. The lowest BCUT2D eigenvalue weighted by molar-refractivity contribution is 0.00207. The lowest BCUT2D eigenvalue weighted by Gasteiger charge is -2.42. The van der Waals surface area contributed by atoms with Gasteiger partial charge in [-0.05, 0) is 63.1 Å². The number of halogens is 1. The molecule has 0 bridgehead atoms. The molecule has 0 spiro atoms. The minimum absolute atomic E-state index is 0.144. The highest BCUT2D eigenvalue weighted by molar-refractivity contribution is 9.10. The third-order valence-electron chi connectivity index (χ3n) is 6.80. The number of pyridine rings is 2. The van der Waals surface area contributed by atoms with E-state index in [0.29, 0.717) is 22.5 Å². The van der Waals surface area contributed by atoms with Gasteiger partial charge in [-0.2, -0.15) is 0 Å². The largest absolute Gasteiger partial charge is 0.489 e. The highest BCUT2D eigenvalue weighted by atomic mass is 79.9. The summed E-state index contributed by atoms with van der Waals surface area (Å²) in [5.74, 6) is 7.83. The quantitative estimate of drug-likeness (QED) is 0.162. The molecule has 35 heavy (non-hydrogen) atoms. The van der Waals surface area contributed by atoms with Gasteiger partial charge in [0.15, 0.2) is 8.32 Å².